The van der Waals surface area contributed by atoms with Gasteiger partial charge in [0.2, 0.25) is 5.13 Å². The van der Waals surface area contributed by atoms with Crippen molar-refractivity contribution in [1.29, 1.82) is 0 Å². The normalized spacial score (nSPS) is 10.9. The van der Waals surface area contributed by atoms with Crippen molar-refractivity contribution in [1.82, 2.24) is 10.2 Å². The highest BCUT2D eigenvalue weighted by Crippen LogP contribution is 2.33. The minimum Gasteiger partial charge on any atom is -0.508 e. The molecule has 0 atom stereocenters. The van der Waals surface area contributed by atoms with Crippen LogP contribution in [0, 0.1) is 0 Å². The molecule has 2 aromatic heterocycles. The molecule has 142 valence electrons. The SMILES string of the molecule is COc1ccccc1Nc1nnc(SCc2cc(=O)oc3cc(O)ccc23)s1. The van der Waals surface area contributed by atoms with Crippen LogP contribution in [0.15, 0.2) is 62.1 Å². The topological polar surface area (TPSA) is 97.5 Å². The number of hydrogen-bond donors (Lipinski definition) is 2. The second-order valence-electron chi connectivity index (χ2n) is 5.76. The van der Waals surface area contributed by atoms with Gasteiger partial charge in [0.1, 0.15) is 17.1 Å². The van der Waals surface area contributed by atoms with Crippen LogP contribution in [0.2, 0.25) is 0 Å². The maximum Gasteiger partial charge on any atom is 0.336 e. The molecule has 28 heavy (non-hydrogen) atoms. The van der Waals surface area contributed by atoms with Crippen LogP contribution in [0.25, 0.3) is 11.0 Å². The highest BCUT2D eigenvalue weighted by atomic mass is 32.2. The van der Waals surface area contributed by atoms with Gasteiger partial charge in [-0.3, -0.25) is 0 Å². The summed E-state index contributed by atoms with van der Waals surface area (Å²) in [5.41, 5.74) is 1.53. The molecule has 0 aliphatic carbocycles. The van der Waals surface area contributed by atoms with Crippen molar-refractivity contribution in [3.05, 3.63) is 64.5 Å². The molecule has 0 radical (unpaired) electrons. The third-order valence-electron chi connectivity index (χ3n) is 3.92. The number of hydrogen-bond acceptors (Lipinski definition) is 9. The molecule has 0 spiro atoms. The molecule has 7 nitrogen and oxygen atoms in total. The Hall–Kier alpha value is -3.04. The van der Waals surface area contributed by atoms with E-state index < -0.39 is 5.63 Å². The van der Waals surface area contributed by atoms with Gasteiger partial charge in [0.15, 0.2) is 4.34 Å². The van der Waals surface area contributed by atoms with Gasteiger partial charge in [-0.1, -0.05) is 35.2 Å². The van der Waals surface area contributed by atoms with Gasteiger partial charge in [0, 0.05) is 23.3 Å². The van der Waals surface area contributed by atoms with Crippen LogP contribution in [-0.2, 0) is 5.75 Å². The van der Waals surface area contributed by atoms with Crippen LogP contribution in [0.5, 0.6) is 11.5 Å². The monoisotopic (exact) mass is 413 g/mol. The fraction of sp³-hybridized carbons (Fsp3) is 0.105. The van der Waals surface area contributed by atoms with E-state index in [2.05, 4.69) is 15.5 Å². The molecule has 0 saturated carbocycles. The number of nitrogens with zero attached hydrogens (tertiary/aromatic N) is 2. The van der Waals surface area contributed by atoms with E-state index in [1.54, 1.807) is 19.2 Å². The van der Waals surface area contributed by atoms with Gasteiger partial charge in [-0.15, -0.1) is 10.2 Å². The summed E-state index contributed by atoms with van der Waals surface area (Å²) in [4.78, 5) is 11.8. The second kappa shape index (κ2) is 7.91. The molecule has 0 aliphatic rings. The molecular weight excluding hydrogens is 398 g/mol. The molecule has 4 rings (SSSR count). The number of nitrogens with one attached hydrogen (secondary N) is 1. The molecule has 9 heteroatoms. The maximum absolute atomic E-state index is 11.8. The van der Waals surface area contributed by atoms with Gasteiger partial charge in [-0.05, 0) is 29.8 Å². The summed E-state index contributed by atoms with van der Waals surface area (Å²) >= 11 is 2.88. The van der Waals surface area contributed by atoms with E-state index in [4.69, 9.17) is 9.15 Å². The lowest BCUT2D eigenvalue weighted by molar-refractivity contribution is 0.417. The van der Waals surface area contributed by atoms with E-state index in [0.717, 1.165) is 26.7 Å². The van der Waals surface area contributed by atoms with Crippen molar-refractivity contribution in [3.63, 3.8) is 0 Å². The molecule has 0 bridgehead atoms. The first kappa shape index (κ1) is 18.3. The smallest absolute Gasteiger partial charge is 0.336 e. The Morgan fingerprint density at radius 2 is 2.07 bits per heavy atom. The quantitative estimate of drug-likeness (QED) is 0.355. The lowest BCUT2D eigenvalue weighted by Gasteiger charge is -2.07. The van der Waals surface area contributed by atoms with Crippen LogP contribution in [0.3, 0.4) is 0 Å². The fourth-order valence-electron chi connectivity index (χ4n) is 2.66. The molecule has 2 heterocycles. The van der Waals surface area contributed by atoms with Crippen LogP contribution in [-0.4, -0.2) is 22.4 Å². The Bertz CT molecular complexity index is 1190. The van der Waals surface area contributed by atoms with Gasteiger partial charge in [-0.2, -0.15) is 0 Å². The molecule has 0 fully saturated rings. The summed E-state index contributed by atoms with van der Waals surface area (Å²) in [6.07, 6.45) is 0. The van der Waals surface area contributed by atoms with Crippen LogP contribution in [0.4, 0.5) is 10.8 Å². The summed E-state index contributed by atoms with van der Waals surface area (Å²) in [7, 11) is 1.61. The average molecular weight is 413 g/mol. The zero-order chi connectivity index (χ0) is 19.5. The minimum atomic E-state index is -0.454. The Morgan fingerprint density at radius 3 is 2.93 bits per heavy atom. The predicted octanol–water partition coefficient (Wildman–Crippen LogP) is 4.39. The van der Waals surface area contributed by atoms with Crippen LogP contribution >= 0.6 is 23.1 Å². The Kier molecular flexibility index (Phi) is 5.18. The average Bonchev–Trinajstić information content (AvgIpc) is 3.13. The second-order valence-corrected chi connectivity index (χ2v) is 7.96. The number of phenols is 1. The lowest BCUT2D eigenvalue weighted by atomic mass is 10.1. The van der Waals surface area contributed by atoms with Gasteiger partial charge >= 0.3 is 5.63 Å². The molecular formula is C19H15N3O4S2. The number of ether oxygens (including phenoxy) is 1. The molecule has 0 amide bonds. The van der Waals surface area contributed by atoms with Crippen molar-refractivity contribution in [3.8, 4) is 11.5 Å². The third-order valence-corrected chi connectivity index (χ3v) is 5.94. The first-order valence-electron chi connectivity index (χ1n) is 8.24. The number of para-hydroxylation sites is 2. The van der Waals surface area contributed by atoms with Gasteiger partial charge in [0.05, 0.1) is 12.8 Å². The number of aromatic nitrogens is 2. The number of rotatable bonds is 6. The predicted molar refractivity (Wildman–Crippen MR) is 110 cm³/mol. The highest BCUT2D eigenvalue weighted by Gasteiger charge is 2.11. The van der Waals surface area contributed by atoms with Crippen molar-refractivity contribution < 1.29 is 14.3 Å². The highest BCUT2D eigenvalue weighted by molar-refractivity contribution is 8.00. The first-order valence-corrected chi connectivity index (χ1v) is 10.0. The van der Waals surface area contributed by atoms with Gasteiger partial charge < -0.3 is 19.6 Å². The molecule has 0 unspecified atom stereocenters. The summed E-state index contributed by atoms with van der Waals surface area (Å²) in [6.45, 7) is 0. The zero-order valence-electron chi connectivity index (χ0n) is 14.7. The van der Waals surface area contributed by atoms with Crippen LogP contribution < -0.4 is 15.7 Å². The summed E-state index contributed by atoms with van der Waals surface area (Å²) in [5.74, 6) is 1.30. The first-order chi connectivity index (χ1) is 13.6. The van der Waals surface area contributed by atoms with Crippen molar-refractivity contribution in [2.24, 2.45) is 0 Å². The third kappa shape index (κ3) is 3.95. The number of aromatic hydroxyl groups is 1. The van der Waals surface area contributed by atoms with E-state index >= 15 is 0 Å². The Labute approximate surface area is 168 Å². The van der Waals surface area contributed by atoms with Gasteiger partial charge in [0.25, 0.3) is 0 Å². The molecule has 2 N–H and O–H groups in total. The number of methoxy groups -OCH3 is 1. The Balaban J connectivity index is 1.51. The number of benzene rings is 2. The Morgan fingerprint density at radius 1 is 1.21 bits per heavy atom. The van der Waals surface area contributed by atoms with Gasteiger partial charge in [-0.25, -0.2) is 4.79 Å². The summed E-state index contributed by atoms with van der Waals surface area (Å²) in [5, 5.41) is 22.6. The van der Waals surface area contributed by atoms with E-state index in [9.17, 15) is 9.90 Å². The number of phenolic OH excluding ortho intramolecular Hbond substituents is 1. The number of anilines is 2. The van der Waals surface area contributed by atoms with E-state index in [1.807, 2.05) is 24.3 Å². The van der Waals surface area contributed by atoms with Crippen molar-refractivity contribution >= 4 is 44.9 Å². The van der Waals surface area contributed by atoms with E-state index in [1.165, 1.54) is 35.2 Å². The van der Waals surface area contributed by atoms with Crippen LogP contribution in [0.1, 0.15) is 5.56 Å². The molecule has 4 aromatic rings. The number of thioether (sulfide) groups is 1. The number of fused-ring (bicyclic) bond motifs is 1. The van der Waals surface area contributed by atoms with E-state index in [-0.39, 0.29) is 5.75 Å². The van der Waals surface area contributed by atoms with E-state index in [0.29, 0.717) is 16.5 Å². The van der Waals surface area contributed by atoms with Crippen molar-refractivity contribution in [2.75, 3.05) is 12.4 Å². The maximum atomic E-state index is 11.8. The fourth-order valence-corrected chi connectivity index (χ4v) is 4.41. The standard InChI is InChI=1S/C19H15N3O4S2/c1-25-15-5-3-2-4-14(15)20-18-21-22-19(28-18)27-10-11-8-17(24)26-16-9-12(23)6-7-13(11)16/h2-9,23H,10H2,1H3,(H,20,21). The molecule has 0 aliphatic heterocycles. The lowest BCUT2D eigenvalue weighted by Crippen LogP contribution is -1.99. The summed E-state index contributed by atoms with van der Waals surface area (Å²) < 4.78 is 11.2. The summed E-state index contributed by atoms with van der Waals surface area (Å²) in [6, 6.07) is 13.8. The molecule has 2 aromatic carbocycles. The molecule has 0 saturated heterocycles. The minimum absolute atomic E-state index is 0.0524. The van der Waals surface area contributed by atoms with Crippen molar-refractivity contribution in [2.45, 2.75) is 10.1 Å². The largest absolute Gasteiger partial charge is 0.508 e. The zero-order valence-corrected chi connectivity index (χ0v) is 16.3.